The van der Waals surface area contributed by atoms with Crippen molar-refractivity contribution >= 4 is 22.6 Å². The molecule has 0 radical (unpaired) electrons. The van der Waals surface area contributed by atoms with Crippen LogP contribution in [-0.2, 0) is 20.5 Å². The van der Waals surface area contributed by atoms with E-state index in [1.54, 1.807) is 6.20 Å². The number of rotatable bonds is 9. The number of hydrogen-bond donors (Lipinski definition) is 0. The number of anilines is 1. The quantitative estimate of drug-likeness (QED) is 0.413. The lowest BCUT2D eigenvalue weighted by molar-refractivity contribution is -0.142. The first-order valence-electron chi connectivity index (χ1n) is 11.4. The van der Waals surface area contributed by atoms with Crippen LogP contribution in [0.5, 0.6) is 11.5 Å². The summed E-state index contributed by atoms with van der Waals surface area (Å²) in [6, 6.07) is 13.1. The zero-order valence-electron chi connectivity index (χ0n) is 20.0. The maximum atomic E-state index is 13.1. The Morgan fingerprint density at radius 1 is 1.11 bits per heavy atom. The van der Waals surface area contributed by atoms with Gasteiger partial charge in [0.25, 0.3) is 0 Å². The normalized spacial score (nSPS) is 15.1. The molecule has 4 rings (SSSR count). The van der Waals surface area contributed by atoms with Gasteiger partial charge in [-0.2, -0.15) is 0 Å². The summed E-state index contributed by atoms with van der Waals surface area (Å²) in [6.07, 6.45) is 3.13. The van der Waals surface area contributed by atoms with Gasteiger partial charge in [0, 0.05) is 37.9 Å². The largest absolute Gasteiger partial charge is 0.491 e. The van der Waals surface area contributed by atoms with E-state index in [-0.39, 0.29) is 12.7 Å². The monoisotopic (exact) mass is 499 g/mol. The molecule has 0 amide bonds. The van der Waals surface area contributed by atoms with Crippen LogP contribution >= 0.6 is 0 Å². The van der Waals surface area contributed by atoms with E-state index < -0.39 is 17.0 Å². The summed E-state index contributed by atoms with van der Waals surface area (Å²) in [5.41, 5.74) is 1.58. The fraction of sp³-hybridized carbons (Fsp3) is 0.360. The van der Waals surface area contributed by atoms with Crippen LogP contribution in [0.1, 0.15) is 13.8 Å². The molecule has 1 aliphatic heterocycles. The summed E-state index contributed by atoms with van der Waals surface area (Å²) in [4.78, 5) is 18.7. The van der Waals surface area contributed by atoms with Crippen molar-refractivity contribution in [2.45, 2.75) is 24.8 Å². The van der Waals surface area contributed by atoms with Crippen molar-refractivity contribution in [1.29, 1.82) is 0 Å². The molecule has 1 unspecified atom stereocenters. The van der Waals surface area contributed by atoms with Gasteiger partial charge in [0.2, 0.25) is 5.89 Å². The van der Waals surface area contributed by atoms with Gasteiger partial charge in [0.15, 0.2) is 6.61 Å². The molecule has 1 atom stereocenters. The van der Waals surface area contributed by atoms with Crippen molar-refractivity contribution in [3.8, 4) is 23.0 Å². The minimum Gasteiger partial charge on any atom is -0.491 e. The first-order chi connectivity index (χ1) is 16.9. The van der Waals surface area contributed by atoms with E-state index >= 15 is 0 Å². The molecule has 2 heterocycles. The Kier molecular flexibility index (Phi) is 8.04. The van der Waals surface area contributed by atoms with Crippen LogP contribution in [0.2, 0.25) is 0 Å². The Morgan fingerprint density at radius 3 is 2.49 bits per heavy atom. The second-order valence-corrected chi connectivity index (χ2v) is 9.67. The highest BCUT2D eigenvalue weighted by Gasteiger charge is 2.24. The molecule has 1 saturated heterocycles. The van der Waals surface area contributed by atoms with E-state index in [2.05, 4.69) is 14.6 Å². The Labute approximate surface area is 207 Å². The minimum absolute atomic E-state index is 0.0928. The van der Waals surface area contributed by atoms with E-state index in [0.717, 1.165) is 16.3 Å². The average molecular weight is 500 g/mol. The molecular weight excluding hydrogens is 470 g/mol. The summed E-state index contributed by atoms with van der Waals surface area (Å²) in [7, 11) is 0.0683. The van der Waals surface area contributed by atoms with Crippen LogP contribution in [0.15, 0.2) is 64.2 Å². The predicted octanol–water partition coefficient (Wildman–Crippen LogP) is 3.53. The van der Waals surface area contributed by atoms with Crippen molar-refractivity contribution < 1.29 is 27.6 Å². The Balaban J connectivity index is 1.42. The molecule has 1 aliphatic rings. The van der Waals surface area contributed by atoms with E-state index in [1.807, 2.05) is 60.6 Å². The highest BCUT2D eigenvalue weighted by atomic mass is 32.2. The Morgan fingerprint density at radius 2 is 1.86 bits per heavy atom. The fourth-order valence-electron chi connectivity index (χ4n) is 3.72. The van der Waals surface area contributed by atoms with Crippen molar-refractivity contribution in [1.82, 2.24) is 9.29 Å². The van der Waals surface area contributed by atoms with Crippen LogP contribution < -0.4 is 14.4 Å². The van der Waals surface area contributed by atoms with Crippen LogP contribution in [-0.4, -0.2) is 65.5 Å². The number of esters is 1. The molecule has 9 nitrogen and oxygen atoms in total. The second-order valence-electron chi connectivity index (χ2n) is 8.19. The fourth-order valence-corrected chi connectivity index (χ4v) is 4.89. The van der Waals surface area contributed by atoms with Gasteiger partial charge >= 0.3 is 5.97 Å². The molecule has 2 aromatic carbocycles. The van der Waals surface area contributed by atoms with E-state index in [1.165, 1.54) is 13.4 Å². The van der Waals surface area contributed by atoms with Crippen LogP contribution in [0.25, 0.3) is 11.5 Å². The number of hydrogen-bond acceptors (Lipinski definition) is 8. The van der Waals surface area contributed by atoms with Crippen molar-refractivity contribution in [3.05, 3.63) is 54.9 Å². The molecule has 10 heteroatoms. The molecule has 35 heavy (non-hydrogen) atoms. The molecular formula is C25H29N3O6S. The number of carbonyl (C=O) groups excluding carboxylic acids is 1. The summed E-state index contributed by atoms with van der Waals surface area (Å²) in [6.45, 7) is 6.38. The van der Waals surface area contributed by atoms with E-state index in [9.17, 15) is 9.00 Å². The highest BCUT2D eigenvalue weighted by molar-refractivity contribution is 7.82. The maximum absolute atomic E-state index is 13.1. The molecule has 1 aromatic heterocycles. The van der Waals surface area contributed by atoms with Crippen molar-refractivity contribution in [3.63, 3.8) is 0 Å². The van der Waals surface area contributed by atoms with Gasteiger partial charge in [-0.25, -0.2) is 18.3 Å². The number of ether oxygens (including phenoxy) is 3. The standard InChI is InChI=1S/C25H29N3O6S/c1-18(2)34-20-5-7-21(8-6-20)35(30)28-13-11-27(12-14-28)19-4-9-22(25-26-10-15-32-25)23(16-19)33-17-24(29)31-3/h4-10,15-16,18H,11-14,17H2,1-3H3. The van der Waals surface area contributed by atoms with Gasteiger partial charge in [-0.15, -0.1) is 0 Å². The number of carbonyl (C=O) groups is 1. The van der Waals surface area contributed by atoms with Gasteiger partial charge in [0.1, 0.15) is 28.7 Å². The van der Waals surface area contributed by atoms with Crippen molar-refractivity contribution in [2.24, 2.45) is 0 Å². The summed E-state index contributed by atoms with van der Waals surface area (Å²) < 4.78 is 36.5. The van der Waals surface area contributed by atoms with Crippen molar-refractivity contribution in [2.75, 3.05) is 44.8 Å². The predicted molar refractivity (Wildman–Crippen MR) is 132 cm³/mol. The third-order valence-corrected chi connectivity index (χ3v) is 6.95. The summed E-state index contributed by atoms with van der Waals surface area (Å²) in [5, 5.41) is 0. The molecule has 0 aliphatic carbocycles. The number of benzene rings is 2. The Bertz CT molecular complexity index is 1140. The SMILES string of the molecule is COC(=O)COc1cc(N2CCN(S(=O)c3ccc(OC(C)C)cc3)CC2)ccc1-c1ncco1. The minimum atomic E-state index is -1.25. The van der Waals surface area contributed by atoms with Gasteiger partial charge < -0.3 is 23.5 Å². The van der Waals surface area contributed by atoms with E-state index in [4.69, 9.17) is 13.9 Å². The third kappa shape index (κ3) is 6.20. The number of methoxy groups -OCH3 is 1. The molecule has 0 bridgehead atoms. The zero-order chi connectivity index (χ0) is 24.8. The second kappa shape index (κ2) is 11.4. The van der Waals surface area contributed by atoms with Gasteiger partial charge in [-0.05, 0) is 50.2 Å². The number of piperazine rings is 1. The van der Waals surface area contributed by atoms with Crippen LogP contribution in [0.3, 0.4) is 0 Å². The average Bonchev–Trinajstić information content (AvgIpc) is 3.42. The first-order valence-corrected chi connectivity index (χ1v) is 12.5. The third-order valence-electron chi connectivity index (χ3n) is 5.44. The number of oxazole rings is 1. The highest BCUT2D eigenvalue weighted by Crippen LogP contribution is 2.33. The lowest BCUT2D eigenvalue weighted by atomic mass is 10.1. The molecule has 0 saturated carbocycles. The molecule has 3 aromatic rings. The maximum Gasteiger partial charge on any atom is 0.343 e. The topological polar surface area (TPSA) is 94.3 Å². The smallest absolute Gasteiger partial charge is 0.343 e. The van der Waals surface area contributed by atoms with Gasteiger partial charge in [0.05, 0.1) is 29.9 Å². The molecule has 1 fully saturated rings. The molecule has 0 N–H and O–H groups in total. The Hall–Kier alpha value is -3.37. The zero-order valence-corrected chi connectivity index (χ0v) is 20.8. The molecule has 186 valence electrons. The molecule has 0 spiro atoms. The van der Waals surface area contributed by atoms with Gasteiger partial charge in [-0.1, -0.05) is 0 Å². The number of nitrogens with zero attached hydrogens (tertiary/aromatic N) is 3. The lowest BCUT2D eigenvalue weighted by Gasteiger charge is -2.35. The van der Waals surface area contributed by atoms with Gasteiger partial charge in [-0.3, -0.25) is 0 Å². The number of aromatic nitrogens is 1. The van der Waals surface area contributed by atoms with Crippen LogP contribution in [0.4, 0.5) is 5.69 Å². The van der Waals surface area contributed by atoms with E-state index in [0.29, 0.717) is 43.4 Å². The van der Waals surface area contributed by atoms with Crippen LogP contribution in [0, 0.1) is 0 Å². The summed E-state index contributed by atoms with van der Waals surface area (Å²) >= 11 is 0. The lowest BCUT2D eigenvalue weighted by Crippen LogP contribution is -2.46. The summed E-state index contributed by atoms with van der Waals surface area (Å²) in [5.74, 6) is 1.17. The first kappa shape index (κ1) is 24.7.